The lowest BCUT2D eigenvalue weighted by molar-refractivity contribution is 0.484. The molecule has 0 N–H and O–H groups in total. The largest absolute Gasteiger partial charge is 0.457 e. The van der Waals surface area contributed by atoms with E-state index < -0.39 is 0 Å². The Bertz CT molecular complexity index is 1700. The predicted octanol–water partition coefficient (Wildman–Crippen LogP) is 9.53. The molecule has 0 atom stereocenters. The molecule has 4 aromatic carbocycles. The van der Waals surface area contributed by atoms with Gasteiger partial charge < -0.3 is 4.74 Å². The van der Waals surface area contributed by atoms with Crippen LogP contribution in [0.25, 0.3) is 45.8 Å². The Morgan fingerprint density at radius 3 is 1.33 bits per heavy atom. The molecule has 0 unspecified atom stereocenters. The van der Waals surface area contributed by atoms with Gasteiger partial charge >= 0.3 is 0 Å². The smallest absolute Gasteiger partial charge is 0.128 e. The normalized spacial score (nSPS) is 11.6. The molecule has 2 aromatic heterocycles. The number of hydrogen-bond donors (Lipinski definition) is 0. The molecule has 6 rings (SSSR count). The van der Waals surface area contributed by atoms with E-state index in [1.165, 1.54) is 11.1 Å². The summed E-state index contributed by atoms with van der Waals surface area (Å²) in [5.74, 6) is 1.55. The monoisotopic (exact) mass is 504 g/mol. The number of hydrogen-bond acceptors (Lipinski definition) is 3. The summed E-state index contributed by atoms with van der Waals surface area (Å²) in [6.45, 7) is 4.19. The van der Waals surface area contributed by atoms with Gasteiger partial charge in [0.25, 0.3) is 0 Å². The first kappa shape index (κ1) is 24.3. The van der Waals surface area contributed by atoms with Crippen molar-refractivity contribution in [2.75, 3.05) is 0 Å². The molecule has 0 aliphatic rings. The SMILES string of the molecule is Cc1ccc(/C=C/c2cc3ccc(Oc4ccc5cc(/C=C/c6ccc(C)cc6)ncc5c4)cc3cn2)cc1. The fourth-order valence-electron chi connectivity index (χ4n) is 4.44. The molecule has 3 nitrogen and oxygen atoms in total. The standard InChI is InChI=1S/C36H28N2O/c1-25-3-7-27(8-4-25)11-15-33-19-29-13-17-35(21-31(29)23-37-33)39-36-18-14-30-20-34(38-24-32(30)22-36)16-12-28-9-5-26(2)6-10-28/h3-24H,1-2H3/b15-11+,16-12+. The topological polar surface area (TPSA) is 35.0 Å². The molecule has 0 saturated heterocycles. The zero-order valence-corrected chi connectivity index (χ0v) is 22.0. The van der Waals surface area contributed by atoms with E-state index >= 15 is 0 Å². The number of rotatable bonds is 6. The summed E-state index contributed by atoms with van der Waals surface area (Å²) in [5, 5.41) is 4.31. The van der Waals surface area contributed by atoms with Crippen LogP contribution in [0.5, 0.6) is 11.5 Å². The predicted molar refractivity (Wildman–Crippen MR) is 164 cm³/mol. The second kappa shape index (κ2) is 10.8. The zero-order valence-electron chi connectivity index (χ0n) is 22.0. The molecular weight excluding hydrogens is 476 g/mol. The van der Waals surface area contributed by atoms with E-state index in [1.807, 2.05) is 48.8 Å². The second-order valence-corrected chi connectivity index (χ2v) is 9.83. The van der Waals surface area contributed by atoms with Crippen LogP contribution < -0.4 is 4.74 Å². The van der Waals surface area contributed by atoms with Gasteiger partial charge in [0.1, 0.15) is 11.5 Å². The van der Waals surface area contributed by atoms with E-state index in [1.54, 1.807) is 0 Å². The van der Waals surface area contributed by atoms with Crippen molar-refractivity contribution in [2.24, 2.45) is 0 Å². The van der Waals surface area contributed by atoms with Gasteiger partial charge in [0.2, 0.25) is 0 Å². The highest BCUT2D eigenvalue weighted by molar-refractivity contribution is 5.87. The van der Waals surface area contributed by atoms with E-state index in [0.717, 1.165) is 55.6 Å². The lowest BCUT2D eigenvalue weighted by Gasteiger charge is -2.09. The van der Waals surface area contributed by atoms with Gasteiger partial charge in [-0.3, -0.25) is 9.97 Å². The Kier molecular flexibility index (Phi) is 6.71. The van der Waals surface area contributed by atoms with Gasteiger partial charge in [-0.2, -0.15) is 0 Å². The van der Waals surface area contributed by atoms with Crippen molar-refractivity contribution < 1.29 is 4.74 Å². The molecule has 188 valence electrons. The summed E-state index contributed by atoms with van der Waals surface area (Å²) in [6.07, 6.45) is 12.1. The molecule has 0 amide bonds. The molecule has 2 heterocycles. The van der Waals surface area contributed by atoms with Gasteiger partial charge in [0.15, 0.2) is 0 Å². The third-order valence-electron chi connectivity index (χ3n) is 6.71. The Morgan fingerprint density at radius 2 is 0.897 bits per heavy atom. The van der Waals surface area contributed by atoms with Crippen molar-refractivity contribution >= 4 is 45.8 Å². The Morgan fingerprint density at radius 1 is 0.462 bits per heavy atom. The van der Waals surface area contributed by atoms with Crippen LogP contribution in [-0.2, 0) is 0 Å². The van der Waals surface area contributed by atoms with Crippen molar-refractivity contribution in [2.45, 2.75) is 13.8 Å². The van der Waals surface area contributed by atoms with E-state index in [9.17, 15) is 0 Å². The third kappa shape index (κ3) is 5.94. The van der Waals surface area contributed by atoms with Crippen molar-refractivity contribution in [3.8, 4) is 11.5 Å². The Hall–Kier alpha value is -5.02. The van der Waals surface area contributed by atoms with Crippen molar-refractivity contribution in [3.63, 3.8) is 0 Å². The van der Waals surface area contributed by atoms with Crippen LogP contribution in [0.1, 0.15) is 33.6 Å². The van der Waals surface area contributed by atoms with Crippen molar-refractivity contribution in [3.05, 3.63) is 143 Å². The van der Waals surface area contributed by atoms with E-state index in [-0.39, 0.29) is 0 Å². The molecule has 3 heteroatoms. The lowest BCUT2D eigenvalue weighted by Crippen LogP contribution is -1.88. The van der Waals surface area contributed by atoms with E-state index in [2.05, 4.69) is 109 Å². The highest BCUT2D eigenvalue weighted by Crippen LogP contribution is 2.29. The summed E-state index contributed by atoms with van der Waals surface area (Å²) in [6, 6.07) is 33.3. The number of ether oxygens (including phenoxy) is 1. The maximum absolute atomic E-state index is 6.20. The highest BCUT2D eigenvalue weighted by atomic mass is 16.5. The van der Waals surface area contributed by atoms with Gasteiger partial charge in [0, 0.05) is 23.2 Å². The second-order valence-electron chi connectivity index (χ2n) is 9.83. The molecule has 0 aliphatic carbocycles. The summed E-state index contributed by atoms with van der Waals surface area (Å²) in [5.41, 5.74) is 6.67. The van der Waals surface area contributed by atoms with E-state index in [4.69, 9.17) is 4.74 Å². The van der Waals surface area contributed by atoms with Crippen LogP contribution in [0.4, 0.5) is 0 Å². The third-order valence-corrected chi connectivity index (χ3v) is 6.71. The molecule has 0 saturated carbocycles. The average molecular weight is 505 g/mol. The Balaban J connectivity index is 1.16. The molecule has 0 fully saturated rings. The number of fused-ring (bicyclic) bond motifs is 2. The summed E-state index contributed by atoms with van der Waals surface area (Å²) < 4.78 is 6.20. The zero-order chi connectivity index (χ0) is 26.6. The minimum absolute atomic E-state index is 0.775. The van der Waals surface area contributed by atoms with Crippen molar-refractivity contribution in [1.29, 1.82) is 0 Å². The lowest BCUT2D eigenvalue weighted by atomic mass is 10.1. The van der Waals surface area contributed by atoms with Crippen LogP contribution in [0.3, 0.4) is 0 Å². The number of benzene rings is 4. The van der Waals surface area contributed by atoms with Gasteiger partial charge in [-0.05, 0) is 84.3 Å². The highest BCUT2D eigenvalue weighted by Gasteiger charge is 2.04. The first-order valence-electron chi connectivity index (χ1n) is 13.0. The van der Waals surface area contributed by atoms with Crippen LogP contribution in [0.15, 0.2) is 109 Å². The molecule has 39 heavy (non-hydrogen) atoms. The van der Waals surface area contributed by atoms with Crippen LogP contribution in [0.2, 0.25) is 0 Å². The number of aromatic nitrogens is 2. The first-order valence-corrected chi connectivity index (χ1v) is 13.0. The molecule has 6 aromatic rings. The minimum Gasteiger partial charge on any atom is -0.457 e. The summed E-state index contributed by atoms with van der Waals surface area (Å²) in [4.78, 5) is 9.24. The molecule has 0 spiro atoms. The number of aryl methyl sites for hydroxylation is 2. The number of nitrogens with zero attached hydrogens (tertiary/aromatic N) is 2. The molecule has 0 aliphatic heterocycles. The van der Waals surface area contributed by atoms with Gasteiger partial charge in [-0.15, -0.1) is 0 Å². The average Bonchev–Trinajstić information content (AvgIpc) is 2.96. The summed E-state index contributed by atoms with van der Waals surface area (Å²) in [7, 11) is 0. The van der Waals surface area contributed by atoms with E-state index in [0.29, 0.717) is 0 Å². The summed E-state index contributed by atoms with van der Waals surface area (Å²) >= 11 is 0. The van der Waals surface area contributed by atoms with Crippen LogP contribution in [0, 0.1) is 13.8 Å². The van der Waals surface area contributed by atoms with Gasteiger partial charge in [-0.1, -0.05) is 83.9 Å². The quantitative estimate of drug-likeness (QED) is 0.226. The molecular formula is C36H28N2O. The number of pyridine rings is 2. The molecule has 0 bridgehead atoms. The fraction of sp³-hybridized carbons (Fsp3) is 0.0556. The first-order chi connectivity index (χ1) is 19.1. The maximum Gasteiger partial charge on any atom is 0.128 e. The maximum atomic E-state index is 6.20. The van der Waals surface area contributed by atoms with Crippen molar-refractivity contribution in [1.82, 2.24) is 9.97 Å². The molecule has 0 radical (unpaired) electrons. The van der Waals surface area contributed by atoms with Gasteiger partial charge in [0.05, 0.1) is 11.4 Å². The Labute approximate surface area is 228 Å². The van der Waals surface area contributed by atoms with Gasteiger partial charge in [-0.25, -0.2) is 0 Å². The fourth-order valence-corrected chi connectivity index (χ4v) is 4.44. The van der Waals surface area contributed by atoms with Crippen LogP contribution in [-0.4, -0.2) is 9.97 Å². The minimum atomic E-state index is 0.775. The van der Waals surface area contributed by atoms with Crippen LogP contribution >= 0.6 is 0 Å².